The summed E-state index contributed by atoms with van der Waals surface area (Å²) in [6.07, 6.45) is 1.99. The lowest BCUT2D eigenvalue weighted by atomic mass is 10.2. The van der Waals surface area contributed by atoms with Gasteiger partial charge in [-0.3, -0.25) is 9.38 Å². The Hall–Kier alpha value is -1.68. The van der Waals surface area contributed by atoms with E-state index in [0.717, 1.165) is 32.9 Å². The van der Waals surface area contributed by atoms with Crippen LogP contribution < -0.4 is 0 Å². The predicted octanol–water partition coefficient (Wildman–Crippen LogP) is 3.78. The molecule has 0 aliphatic heterocycles. The fourth-order valence-corrected chi connectivity index (χ4v) is 2.68. The Morgan fingerprint density at radius 1 is 1.06 bits per heavy atom. The molecule has 0 saturated heterocycles. The van der Waals surface area contributed by atoms with Crippen molar-refractivity contribution in [2.75, 3.05) is 0 Å². The summed E-state index contributed by atoms with van der Waals surface area (Å²) in [5.41, 5.74) is 4.87. The third-order valence-electron chi connectivity index (χ3n) is 2.88. The lowest BCUT2D eigenvalue weighted by Crippen LogP contribution is -1.94. The van der Waals surface area contributed by atoms with Crippen molar-refractivity contribution < 1.29 is 0 Å². The minimum atomic E-state index is 0.895. The number of fused-ring (bicyclic) bond motifs is 1. The number of benzene rings is 1. The zero-order valence-corrected chi connectivity index (χ0v) is 11.8. The second-order valence-electron chi connectivity index (χ2n) is 4.28. The maximum atomic E-state index is 4.68. The molecular formula is C14H12BrN3. The van der Waals surface area contributed by atoms with Crippen LogP contribution in [0.25, 0.3) is 16.9 Å². The van der Waals surface area contributed by atoms with Crippen molar-refractivity contribution in [2.24, 2.45) is 0 Å². The fraction of sp³-hybridized carbons (Fsp3) is 0.143. The number of hydrogen-bond donors (Lipinski definition) is 0. The van der Waals surface area contributed by atoms with Crippen molar-refractivity contribution in [3.05, 3.63) is 52.5 Å². The highest BCUT2D eigenvalue weighted by atomic mass is 79.9. The van der Waals surface area contributed by atoms with Crippen LogP contribution in [-0.4, -0.2) is 14.4 Å². The highest BCUT2D eigenvalue weighted by molar-refractivity contribution is 9.10. The topological polar surface area (TPSA) is 30.2 Å². The van der Waals surface area contributed by atoms with E-state index in [-0.39, 0.29) is 0 Å². The van der Waals surface area contributed by atoms with Gasteiger partial charge in [0.05, 0.1) is 11.4 Å². The highest BCUT2D eigenvalue weighted by Crippen LogP contribution is 2.29. The molecule has 90 valence electrons. The summed E-state index contributed by atoms with van der Waals surface area (Å²) in [6.45, 7) is 3.97. The lowest BCUT2D eigenvalue weighted by Gasteiger charge is -2.00. The SMILES string of the molecule is Cc1cn2c(Br)c(-c3ccccc3)nc2c(C)n1. The van der Waals surface area contributed by atoms with Crippen molar-refractivity contribution in [2.45, 2.75) is 13.8 Å². The lowest BCUT2D eigenvalue weighted by molar-refractivity contribution is 1.02. The Bertz CT molecular complexity index is 717. The van der Waals surface area contributed by atoms with Gasteiger partial charge < -0.3 is 0 Å². The van der Waals surface area contributed by atoms with Gasteiger partial charge in [-0.25, -0.2) is 4.98 Å². The Kier molecular flexibility index (Phi) is 2.67. The number of hydrogen-bond acceptors (Lipinski definition) is 2. The van der Waals surface area contributed by atoms with Gasteiger partial charge in [0, 0.05) is 11.8 Å². The van der Waals surface area contributed by atoms with Gasteiger partial charge in [0.2, 0.25) is 0 Å². The smallest absolute Gasteiger partial charge is 0.159 e. The third-order valence-corrected chi connectivity index (χ3v) is 3.64. The van der Waals surface area contributed by atoms with Crippen molar-refractivity contribution in [3.8, 4) is 11.3 Å². The zero-order valence-electron chi connectivity index (χ0n) is 10.2. The first kappa shape index (κ1) is 11.4. The number of rotatable bonds is 1. The monoisotopic (exact) mass is 301 g/mol. The first-order chi connectivity index (χ1) is 8.66. The van der Waals surface area contributed by atoms with E-state index in [0.29, 0.717) is 0 Å². The second-order valence-corrected chi connectivity index (χ2v) is 5.03. The molecule has 2 heterocycles. The van der Waals surface area contributed by atoms with Crippen molar-refractivity contribution in [1.82, 2.24) is 14.4 Å². The molecule has 0 bridgehead atoms. The normalized spacial score (nSPS) is 11.1. The molecule has 18 heavy (non-hydrogen) atoms. The average Bonchev–Trinajstić information content (AvgIpc) is 2.69. The number of aryl methyl sites for hydroxylation is 2. The molecule has 2 aromatic heterocycles. The minimum absolute atomic E-state index is 0.895. The van der Waals surface area contributed by atoms with Crippen LogP contribution in [0.2, 0.25) is 0 Å². The van der Waals surface area contributed by atoms with Gasteiger partial charge in [-0.1, -0.05) is 30.3 Å². The third kappa shape index (κ3) is 1.73. The van der Waals surface area contributed by atoms with Crippen molar-refractivity contribution in [3.63, 3.8) is 0 Å². The summed E-state index contributed by atoms with van der Waals surface area (Å²) in [6, 6.07) is 10.2. The fourth-order valence-electron chi connectivity index (χ4n) is 2.10. The minimum Gasteiger partial charge on any atom is -0.290 e. The highest BCUT2D eigenvalue weighted by Gasteiger charge is 2.13. The van der Waals surface area contributed by atoms with E-state index >= 15 is 0 Å². The molecule has 0 unspecified atom stereocenters. The van der Waals surface area contributed by atoms with Crippen LogP contribution in [0.5, 0.6) is 0 Å². The number of imidazole rings is 1. The van der Waals surface area contributed by atoms with Crippen LogP contribution in [0.3, 0.4) is 0 Å². The van der Waals surface area contributed by atoms with Crippen LogP contribution >= 0.6 is 15.9 Å². The van der Waals surface area contributed by atoms with Crippen LogP contribution in [0, 0.1) is 13.8 Å². The Morgan fingerprint density at radius 3 is 2.50 bits per heavy atom. The maximum Gasteiger partial charge on any atom is 0.159 e. The standard InChI is InChI=1S/C14H12BrN3/c1-9-8-18-13(15)12(11-6-4-3-5-7-11)17-14(18)10(2)16-9/h3-8H,1-2H3. The molecule has 3 rings (SSSR count). The number of aromatic nitrogens is 3. The van der Waals surface area contributed by atoms with E-state index in [1.54, 1.807) is 0 Å². The molecule has 3 nitrogen and oxygen atoms in total. The van der Waals surface area contributed by atoms with Crippen molar-refractivity contribution >= 4 is 21.6 Å². The summed E-state index contributed by atoms with van der Waals surface area (Å²) in [5.74, 6) is 0. The number of halogens is 1. The van der Waals surface area contributed by atoms with Crippen LogP contribution in [0.1, 0.15) is 11.4 Å². The molecule has 0 saturated carbocycles. The van der Waals surface area contributed by atoms with E-state index in [1.165, 1.54) is 0 Å². The molecule has 0 radical (unpaired) electrons. The van der Waals surface area contributed by atoms with E-state index < -0.39 is 0 Å². The summed E-state index contributed by atoms with van der Waals surface area (Å²) >= 11 is 3.63. The van der Waals surface area contributed by atoms with E-state index in [4.69, 9.17) is 0 Å². The summed E-state index contributed by atoms with van der Waals surface area (Å²) in [4.78, 5) is 9.12. The molecule has 0 N–H and O–H groups in total. The summed E-state index contributed by atoms with van der Waals surface area (Å²) in [7, 11) is 0. The van der Waals surface area contributed by atoms with Gasteiger partial charge >= 0.3 is 0 Å². The van der Waals surface area contributed by atoms with Gasteiger partial charge in [-0.05, 0) is 29.8 Å². The van der Waals surface area contributed by atoms with Gasteiger partial charge in [0.15, 0.2) is 5.65 Å². The second kappa shape index (κ2) is 4.21. The first-order valence-electron chi connectivity index (χ1n) is 5.74. The van der Waals surface area contributed by atoms with Crippen LogP contribution in [0.15, 0.2) is 41.1 Å². The van der Waals surface area contributed by atoms with E-state index in [9.17, 15) is 0 Å². The number of nitrogens with zero attached hydrogens (tertiary/aromatic N) is 3. The van der Waals surface area contributed by atoms with E-state index in [1.807, 2.05) is 42.6 Å². The molecule has 4 heteroatoms. The maximum absolute atomic E-state index is 4.68. The van der Waals surface area contributed by atoms with Crippen molar-refractivity contribution in [1.29, 1.82) is 0 Å². The van der Waals surface area contributed by atoms with Gasteiger partial charge in [0.25, 0.3) is 0 Å². The molecule has 0 spiro atoms. The quantitative estimate of drug-likeness (QED) is 0.685. The molecule has 0 fully saturated rings. The van der Waals surface area contributed by atoms with E-state index in [2.05, 4.69) is 38.0 Å². The first-order valence-corrected chi connectivity index (χ1v) is 6.53. The molecule has 0 atom stereocenters. The van der Waals surface area contributed by atoms with Gasteiger partial charge in [-0.2, -0.15) is 0 Å². The molecule has 0 aliphatic carbocycles. The predicted molar refractivity (Wildman–Crippen MR) is 75.6 cm³/mol. The molecule has 1 aromatic carbocycles. The summed E-state index contributed by atoms with van der Waals surface area (Å²) in [5, 5.41) is 0. The largest absolute Gasteiger partial charge is 0.290 e. The summed E-state index contributed by atoms with van der Waals surface area (Å²) < 4.78 is 3.01. The molecule has 0 aliphatic rings. The zero-order chi connectivity index (χ0) is 12.7. The Morgan fingerprint density at radius 2 is 1.78 bits per heavy atom. The Balaban J connectivity index is 2.33. The molecule has 0 amide bonds. The average molecular weight is 302 g/mol. The van der Waals surface area contributed by atoms with Gasteiger partial charge in [-0.15, -0.1) is 0 Å². The Labute approximate surface area is 114 Å². The molecular weight excluding hydrogens is 290 g/mol. The van der Waals surface area contributed by atoms with Crippen LogP contribution in [0.4, 0.5) is 0 Å². The van der Waals surface area contributed by atoms with Gasteiger partial charge in [0.1, 0.15) is 10.3 Å². The van der Waals surface area contributed by atoms with Crippen LogP contribution in [-0.2, 0) is 0 Å². The molecule has 3 aromatic rings.